The molecular formula is C9H11O4P. The highest BCUT2D eigenvalue weighted by molar-refractivity contribution is 7.10. The van der Waals surface area contributed by atoms with Gasteiger partial charge in [-0.2, -0.15) is 0 Å². The average Bonchev–Trinajstić information content (AvgIpc) is 2.26. The van der Waals surface area contributed by atoms with E-state index in [0.717, 1.165) is 0 Å². The number of hydrogen-bond donors (Lipinski definition) is 0. The van der Waals surface area contributed by atoms with Crippen LogP contribution in [-0.4, -0.2) is 20.2 Å². The molecule has 0 heterocycles. The molecule has 0 amide bonds. The molecule has 0 saturated carbocycles. The van der Waals surface area contributed by atoms with Crippen LogP contribution in [0.15, 0.2) is 18.2 Å². The summed E-state index contributed by atoms with van der Waals surface area (Å²) in [4.78, 5) is 11.2. The van der Waals surface area contributed by atoms with Crippen LogP contribution >= 0.6 is 9.47 Å². The van der Waals surface area contributed by atoms with Crippen LogP contribution in [0, 0.1) is 0 Å². The van der Waals surface area contributed by atoms with Crippen molar-refractivity contribution in [2.45, 2.75) is 0 Å². The van der Waals surface area contributed by atoms with E-state index in [-0.39, 0.29) is 0 Å². The highest BCUT2D eigenvalue weighted by Crippen LogP contribution is 2.29. The third-order valence-corrected chi connectivity index (χ3v) is 1.97. The van der Waals surface area contributed by atoms with Crippen LogP contribution < -0.4 is 9.26 Å². The molecular weight excluding hydrogens is 203 g/mol. The summed E-state index contributed by atoms with van der Waals surface area (Å²) in [7, 11) is 4.94. The van der Waals surface area contributed by atoms with Crippen LogP contribution in [0.4, 0.5) is 0 Å². The van der Waals surface area contributed by atoms with Crippen molar-refractivity contribution < 1.29 is 18.8 Å². The zero-order chi connectivity index (χ0) is 10.6. The van der Waals surface area contributed by atoms with Gasteiger partial charge in [0.05, 0.1) is 29.2 Å². The molecule has 1 rings (SSSR count). The van der Waals surface area contributed by atoms with Crippen molar-refractivity contribution in [2.24, 2.45) is 0 Å². The summed E-state index contributed by atoms with van der Waals surface area (Å²) in [6, 6.07) is 4.80. The molecule has 1 atom stereocenters. The van der Waals surface area contributed by atoms with Gasteiger partial charge in [0.25, 0.3) is 0 Å². The lowest BCUT2D eigenvalue weighted by atomic mass is 10.2. The normalized spacial score (nSPS) is 9.36. The summed E-state index contributed by atoms with van der Waals surface area (Å²) in [6.07, 6.45) is 0. The fourth-order valence-electron chi connectivity index (χ4n) is 1.01. The zero-order valence-corrected chi connectivity index (χ0v) is 9.10. The number of carbonyl (C=O) groups is 1. The molecule has 1 aromatic rings. The summed E-state index contributed by atoms with van der Waals surface area (Å²) in [6.45, 7) is 0. The van der Waals surface area contributed by atoms with Crippen LogP contribution in [0.3, 0.4) is 0 Å². The summed E-state index contributed by atoms with van der Waals surface area (Å²) in [5.74, 6) is 0.631. The minimum absolute atomic E-state index is 0.404. The van der Waals surface area contributed by atoms with E-state index in [1.54, 1.807) is 18.2 Å². The quantitative estimate of drug-likeness (QED) is 0.566. The van der Waals surface area contributed by atoms with Crippen molar-refractivity contribution in [2.75, 3.05) is 14.2 Å². The van der Waals surface area contributed by atoms with Crippen molar-refractivity contribution in [3.8, 4) is 11.5 Å². The molecule has 1 aromatic carbocycles. The first-order chi connectivity index (χ1) is 6.72. The minimum Gasteiger partial charge on any atom is -0.493 e. The Morgan fingerprint density at radius 2 is 2.00 bits per heavy atom. The zero-order valence-electron chi connectivity index (χ0n) is 7.94. The van der Waals surface area contributed by atoms with Gasteiger partial charge in [-0.3, -0.25) is 0 Å². The van der Waals surface area contributed by atoms with Crippen LogP contribution in [0.2, 0.25) is 0 Å². The van der Waals surface area contributed by atoms with Crippen LogP contribution in [-0.2, 0) is 4.74 Å². The molecule has 0 fully saturated rings. The SMILES string of the molecule is COC(=O)c1ccc(OP)c(OC)c1. The number of carbonyl (C=O) groups excluding carboxylic acids is 1. The Hall–Kier alpha value is -1.28. The van der Waals surface area contributed by atoms with E-state index >= 15 is 0 Å². The Bertz CT molecular complexity index is 338. The third-order valence-electron chi connectivity index (χ3n) is 1.71. The Kier molecular flexibility index (Phi) is 3.72. The molecule has 76 valence electrons. The van der Waals surface area contributed by atoms with E-state index in [9.17, 15) is 4.79 Å². The first-order valence-electron chi connectivity index (χ1n) is 3.86. The highest BCUT2D eigenvalue weighted by Gasteiger charge is 2.10. The van der Waals surface area contributed by atoms with Gasteiger partial charge in [-0.05, 0) is 18.2 Å². The Morgan fingerprint density at radius 3 is 2.50 bits per heavy atom. The van der Waals surface area contributed by atoms with E-state index in [1.165, 1.54) is 14.2 Å². The fraction of sp³-hybridized carbons (Fsp3) is 0.222. The van der Waals surface area contributed by atoms with Crippen molar-refractivity contribution in [3.05, 3.63) is 23.8 Å². The van der Waals surface area contributed by atoms with E-state index in [4.69, 9.17) is 9.26 Å². The topological polar surface area (TPSA) is 44.8 Å². The largest absolute Gasteiger partial charge is 0.493 e. The van der Waals surface area contributed by atoms with Crippen molar-refractivity contribution >= 4 is 15.4 Å². The van der Waals surface area contributed by atoms with Crippen molar-refractivity contribution in [1.29, 1.82) is 0 Å². The van der Waals surface area contributed by atoms with Gasteiger partial charge in [0.1, 0.15) is 0 Å². The van der Waals surface area contributed by atoms with Crippen molar-refractivity contribution in [1.82, 2.24) is 0 Å². The fourth-order valence-corrected chi connectivity index (χ4v) is 1.20. The molecule has 0 saturated heterocycles. The molecule has 0 aliphatic carbocycles. The first-order valence-corrected chi connectivity index (χ1v) is 4.33. The molecule has 1 unspecified atom stereocenters. The predicted octanol–water partition coefficient (Wildman–Crippen LogP) is 1.65. The molecule has 0 aliphatic rings. The smallest absolute Gasteiger partial charge is 0.337 e. The van der Waals surface area contributed by atoms with Gasteiger partial charge < -0.3 is 14.0 Å². The first kappa shape index (κ1) is 10.8. The van der Waals surface area contributed by atoms with E-state index in [1.807, 2.05) is 0 Å². The van der Waals surface area contributed by atoms with Gasteiger partial charge in [0.2, 0.25) is 0 Å². The van der Waals surface area contributed by atoms with Gasteiger partial charge in [-0.25, -0.2) is 4.79 Å². The number of ether oxygens (including phenoxy) is 2. The number of esters is 1. The second-order valence-corrected chi connectivity index (χ2v) is 2.71. The molecule has 0 aromatic heterocycles. The Balaban J connectivity index is 3.07. The molecule has 4 nitrogen and oxygen atoms in total. The number of methoxy groups -OCH3 is 2. The lowest BCUT2D eigenvalue weighted by Crippen LogP contribution is -2.01. The number of benzene rings is 1. The molecule has 0 bridgehead atoms. The van der Waals surface area contributed by atoms with Gasteiger partial charge in [-0.15, -0.1) is 0 Å². The Labute approximate surface area is 84.4 Å². The van der Waals surface area contributed by atoms with E-state index < -0.39 is 5.97 Å². The maximum Gasteiger partial charge on any atom is 0.337 e. The summed E-state index contributed by atoms with van der Waals surface area (Å²) in [5.41, 5.74) is 0.426. The molecule has 14 heavy (non-hydrogen) atoms. The van der Waals surface area contributed by atoms with E-state index in [0.29, 0.717) is 17.1 Å². The number of hydrogen-bond acceptors (Lipinski definition) is 4. The van der Waals surface area contributed by atoms with Crippen molar-refractivity contribution in [3.63, 3.8) is 0 Å². The van der Waals surface area contributed by atoms with Gasteiger partial charge in [0, 0.05) is 0 Å². The van der Waals surface area contributed by atoms with Gasteiger partial charge >= 0.3 is 5.97 Å². The second kappa shape index (κ2) is 4.82. The lowest BCUT2D eigenvalue weighted by Gasteiger charge is -2.07. The second-order valence-electron chi connectivity index (χ2n) is 2.48. The third kappa shape index (κ3) is 2.15. The monoisotopic (exact) mass is 214 g/mol. The molecule has 0 spiro atoms. The van der Waals surface area contributed by atoms with Gasteiger partial charge in [0.15, 0.2) is 11.5 Å². The summed E-state index contributed by atoms with van der Waals surface area (Å²) < 4.78 is 14.5. The van der Waals surface area contributed by atoms with Gasteiger partial charge in [-0.1, -0.05) is 0 Å². The predicted molar refractivity (Wildman–Crippen MR) is 54.7 cm³/mol. The lowest BCUT2D eigenvalue weighted by molar-refractivity contribution is 0.0600. The minimum atomic E-state index is -0.404. The van der Waals surface area contributed by atoms with Crippen LogP contribution in [0.1, 0.15) is 10.4 Å². The molecule has 0 N–H and O–H groups in total. The maximum atomic E-state index is 11.2. The van der Waals surface area contributed by atoms with Crippen LogP contribution in [0.25, 0.3) is 0 Å². The average molecular weight is 214 g/mol. The maximum absolute atomic E-state index is 11.2. The highest BCUT2D eigenvalue weighted by atomic mass is 31.0. The standard InChI is InChI=1S/C9H11O4P/c1-11-8-5-6(9(10)12-2)3-4-7(8)13-14/h3-5H,14H2,1-2H3. The number of rotatable bonds is 3. The van der Waals surface area contributed by atoms with E-state index in [2.05, 4.69) is 14.2 Å². The molecule has 0 aliphatic heterocycles. The Morgan fingerprint density at radius 1 is 1.29 bits per heavy atom. The molecule has 0 radical (unpaired) electrons. The van der Waals surface area contributed by atoms with Crippen LogP contribution in [0.5, 0.6) is 11.5 Å². The summed E-state index contributed by atoms with van der Waals surface area (Å²) in [5, 5.41) is 0. The summed E-state index contributed by atoms with van der Waals surface area (Å²) >= 11 is 0. The molecule has 5 heteroatoms.